The van der Waals surface area contributed by atoms with E-state index in [4.69, 9.17) is 11.6 Å². The van der Waals surface area contributed by atoms with Crippen LogP contribution in [-0.4, -0.2) is 18.4 Å². The van der Waals surface area contributed by atoms with Gasteiger partial charge < -0.3 is 4.98 Å². The second kappa shape index (κ2) is 3.86. The largest absolute Gasteiger partial charge is 0.430 e. The number of benzene rings is 1. The summed E-state index contributed by atoms with van der Waals surface area (Å²) in [5.41, 5.74) is 0.683. The number of aromatic amines is 1. The van der Waals surface area contributed by atoms with Crippen LogP contribution in [0.15, 0.2) is 12.1 Å². The maximum absolute atomic E-state index is 13.2. The van der Waals surface area contributed by atoms with Gasteiger partial charge in [-0.2, -0.15) is 17.2 Å². The third kappa shape index (κ3) is 1.95. The highest BCUT2D eigenvalue weighted by Gasteiger charge is 2.50. The van der Waals surface area contributed by atoms with Crippen molar-refractivity contribution in [1.82, 2.24) is 9.97 Å². The van der Waals surface area contributed by atoms with Crippen molar-refractivity contribution in [3.63, 3.8) is 0 Å². The van der Waals surface area contributed by atoms with Crippen LogP contribution in [0.3, 0.4) is 0 Å². The van der Waals surface area contributed by atoms with Gasteiger partial charge in [0.25, 0.3) is 0 Å². The fourth-order valence-electron chi connectivity index (χ4n) is 1.50. The maximum Gasteiger partial charge on any atom is 0.430 e. The minimum Gasteiger partial charge on any atom is -0.336 e. The van der Waals surface area contributed by atoms with Gasteiger partial charge in [-0.3, -0.25) is 0 Å². The Kier molecular flexibility index (Phi) is 2.82. The number of rotatable bonds is 2. The first-order valence-electron chi connectivity index (χ1n) is 4.61. The second-order valence-corrected chi connectivity index (χ2v) is 5.48. The standard InChI is InChI=1S/C9H6ClF3N2O2S/c1-4-2-5(10)3-6-7(4)15-8(14-6)9(11,12)18(13,16)17/h2-3H,1H3,(H,14,15). The lowest BCUT2D eigenvalue weighted by Gasteiger charge is -2.06. The van der Waals surface area contributed by atoms with E-state index < -0.39 is 21.3 Å². The minimum absolute atomic E-state index is 0.109. The number of aryl methyl sites for hydroxylation is 1. The van der Waals surface area contributed by atoms with Crippen LogP contribution < -0.4 is 0 Å². The zero-order valence-corrected chi connectivity index (χ0v) is 10.4. The van der Waals surface area contributed by atoms with E-state index in [1.54, 1.807) is 6.92 Å². The Balaban J connectivity index is 2.72. The smallest absolute Gasteiger partial charge is 0.336 e. The van der Waals surface area contributed by atoms with Crippen molar-refractivity contribution in [1.29, 1.82) is 0 Å². The SMILES string of the molecule is Cc1cc(Cl)cc2[nH]c(C(F)(F)S(=O)(=O)F)nc12. The minimum atomic E-state index is -6.09. The Labute approximate surface area is 105 Å². The summed E-state index contributed by atoms with van der Waals surface area (Å²) in [6.45, 7) is 1.56. The Bertz CT molecular complexity index is 727. The summed E-state index contributed by atoms with van der Waals surface area (Å²) in [5.74, 6) is -1.27. The van der Waals surface area contributed by atoms with Crippen LogP contribution in [0.4, 0.5) is 12.7 Å². The molecular weight excluding hydrogens is 293 g/mol. The lowest BCUT2D eigenvalue weighted by Crippen LogP contribution is -2.23. The van der Waals surface area contributed by atoms with Crippen LogP contribution in [0.5, 0.6) is 0 Å². The molecule has 1 aromatic carbocycles. The first-order chi connectivity index (χ1) is 8.13. The molecule has 0 unspecified atom stereocenters. The Morgan fingerprint density at radius 3 is 2.56 bits per heavy atom. The average Bonchev–Trinajstić information content (AvgIpc) is 2.59. The number of nitrogens with zero attached hydrogens (tertiary/aromatic N) is 1. The third-order valence-corrected chi connectivity index (χ3v) is 3.35. The highest BCUT2D eigenvalue weighted by atomic mass is 35.5. The van der Waals surface area contributed by atoms with E-state index in [2.05, 4.69) is 9.97 Å². The molecule has 0 fully saturated rings. The number of aromatic nitrogens is 2. The van der Waals surface area contributed by atoms with Crippen LogP contribution in [0, 0.1) is 6.92 Å². The monoisotopic (exact) mass is 298 g/mol. The summed E-state index contributed by atoms with van der Waals surface area (Å²) in [5, 5.41) is -4.45. The molecule has 2 aromatic rings. The molecule has 0 aliphatic carbocycles. The van der Waals surface area contributed by atoms with Gasteiger partial charge in [-0.1, -0.05) is 15.5 Å². The van der Waals surface area contributed by atoms with Crippen molar-refractivity contribution in [2.24, 2.45) is 0 Å². The molecule has 0 bridgehead atoms. The molecule has 1 N–H and O–H groups in total. The highest BCUT2D eigenvalue weighted by molar-refractivity contribution is 7.87. The van der Waals surface area contributed by atoms with E-state index in [-0.39, 0.29) is 16.1 Å². The lowest BCUT2D eigenvalue weighted by molar-refractivity contribution is 0.0755. The van der Waals surface area contributed by atoms with E-state index in [1.165, 1.54) is 12.1 Å². The van der Waals surface area contributed by atoms with Crippen molar-refractivity contribution in [3.05, 3.63) is 28.5 Å². The topological polar surface area (TPSA) is 62.8 Å². The number of hydrogen-bond donors (Lipinski definition) is 1. The van der Waals surface area contributed by atoms with Crippen LogP contribution in [0.25, 0.3) is 11.0 Å². The average molecular weight is 299 g/mol. The number of H-pyrrole nitrogens is 1. The first-order valence-corrected chi connectivity index (χ1v) is 6.37. The normalized spacial score (nSPS) is 13.2. The molecule has 18 heavy (non-hydrogen) atoms. The zero-order valence-electron chi connectivity index (χ0n) is 8.84. The van der Waals surface area contributed by atoms with E-state index in [9.17, 15) is 21.1 Å². The maximum atomic E-state index is 13.2. The molecule has 0 amide bonds. The molecule has 98 valence electrons. The van der Waals surface area contributed by atoms with Crippen molar-refractivity contribution in [2.75, 3.05) is 0 Å². The quantitative estimate of drug-likeness (QED) is 0.867. The molecule has 0 aliphatic heterocycles. The van der Waals surface area contributed by atoms with Crippen LogP contribution in [0.2, 0.25) is 5.02 Å². The number of alkyl halides is 2. The van der Waals surface area contributed by atoms with Crippen molar-refractivity contribution < 1.29 is 21.1 Å². The van der Waals surface area contributed by atoms with Gasteiger partial charge in [0.15, 0.2) is 5.82 Å². The summed E-state index contributed by atoms with van der Waals surface area (Å²) >= 11 is 5.71. The van der Waals surface area contributed by atoms with Gasteiger partial charge in [0.05, 0.1) is 11.0 Å². The summed E-state index contributed by atoms with van der Waals surface area (Å²) in [4.78, 5) is 5.47. The summed E-state index contributed by atoms with van der Waals surface area (Å²) in [7, 11) is -6.09. The second-order valence-electron chi connectivity index (χ2n) is 3.66. The van der Waals surface area contributed by atoms with Gasteiger partial charge in [-0.05, 0) is 24.6 Å². The van der Waals surface area contributed by atoms with Crippen LogP contribution >= 0.6 is 11.6 Å². The number of nitrogens with one attached hydrogen (secondary N) is 1. The fraction of sp³-hybridized carbons (Fsp3) is 0.222. The lowest BCUT2D eigenvalue weighted by atomic mass is 10.2. The zero-order chi connectivity index (χ0) is 13.7. The van der Waals surface area contributed by atoms with E-state index in [0.29, 0.717) is 5.56 Å². The van der Waals surface area contributed by atoms with Crippen LogP contribution in [-0.2, 0) is 15.5 Å². The van der Waals surface area contributed by atoms with E-state index in [0.717, 1.165) is 0 Å². The Morgan fingerprint density at radius 1 is 1.39 bits per heavy atom. The third-order valence-electron chi connectivity index (χ3n) is 2.32. The van der Waals surface area contributed by atoms with Gasteiger partial charge in [-0.25, -0.2) is 4.98 Å². The summed E-state index contributed by atoms with van der Waals surface area (Å²) in [6, 6.07) is 2.76. The first kappa shape index (κ1) is 13.2. The van der Waals surface area contributed by atoms with Crippen molar-refractivity contribution >= 4 is 32.9 Å². The van der Waals surface area contributed by atoms with Crippen molar-refractivity contribution in [2.45, 2.75) is 12.2 Å². The van der Waals surface area contributed by atoms with E-state index >= 15 is 0 Å². The molecule has 0 atom stereocenters. The Hall–Kier alpha value is -1.28. The number of fused-ring (bicyclic) bond motifs is 1. The molecular formula is C9H6ClF3N2O2S. The van der Waals surface area contributed by atoms with Gasteiger partial charge in [0.1, 0.15) is 0 Å². The van der Waals surface area contributed by atoms with Gasteiger partial charge >= 0.3 is 15.5 Å². The Morgan fingerprint density at radius 2 is 2.00 bits per heavy atom. The molecule has 0 saturated carbocycles. The predicted octanol–water partition coefficient (Wildman–Crippen LogP) is 2.87. The predicted molar refractivity (Wildman–Crippen MR) is 59.8 cm³/mol. The molecule has 1 aromatic heterocycles. The number of imidazole rings is 1. The molecule has 1 heterocycles. The summed E-state index contributed by atoms with van der Waals surface area (Å²) in [6.07, 6.45) is 0. The number of hydrogen-bond acceptors (Lipinski definition) is 3. The summed E-state index contributed by atoms with van der Waals surface area (Å²) < 4.78 is 59.7. The highest BCUT2D eigenvalue weighted by Crippen LogP contribution is 2.35. The molecule has 0 saturated heterocycles. The molecule has 0 aliphatic rings. The van der Waals surface area contributed by atoms with Gasteiger partial charge in [-0.15, -0.1) is 0 Å². The van der Waals surface area contributed by atoms with E-state index in [1.807, 2.05) is 0 Å². The van der Waals surface area contributed by atoms with Gasteiger partial charge in [0.2, 0.25) is 0 Å². The molecule has 4 nitrogen and oxygen atoms in total. The molecule has 9 heteroatoms. The van der Waals surface area contributed by atoms with Gasteiger partial charge in [0, 0.05) is 5.02 Å². The van der Waals surface area contributed by atoms with Crippen molar-refractivity contribution in [3.8, 4) is 0 Å². The number of halogens is 4. The van der Waals surface area contributed by atoms with Crippen LogP contribution in [0.1, 0.15) is 11.4 Å². The fourth-order valence-corrected chi connectivity index (χ4v) is 2.10. The molecule has 0 spiro atoms. The molecule has 2 rings (SSSR count). The molecule has 0 radical (unpaired) electrons.